The Labute approximate surface area is 130 Å². The second-order valence-electron chi connectivity index (χ2n) is 7.10. The molecule has 1 fully saturated rings. The fraction of sp³-hybridized carbons (Fsp3) is 0.688. The molecule has 0 atom stereocenters. The average Bonchev–Trinajstić information content (AvgIpc) is 2.32. The topological polar surface area (TPSA) is 81.3 Å². The molecule has 1 saturated carbocycles. The van der Waals surface area contributed by atoms with Crippen molar-refractivity contribution >= 4 is 6.16 Å². The van der Waals surface area contributed by atoms with Crippen molar-refractivity contribution in [1.29, 1.82) is 0 Å². The van der Waals surface area contributed by atoms with Crippen LogP contribution >= 0.6 is 0 Å². The van der Waals surface area contributed by atoms with Crippen LogP contribution in [0.3, 0.4) is 0 Å². The van der Waals surface area contributed by atoms with E-state index >= 15 is 0 Å². The molecule has 0 amide bonds. The second-order valence-corrected chi connectivity index (χ2v) is 7.10. The lowest BCUT2D eigenvalue weighted by Crippen LogP contribution is -2.36. The van der Waals surface area contributed by atoms with E-state index in [1.807, 2.05) is 19.9 Å². The van der Waals surface area contributed by atoms with Crippen molar-refractivity contribution in [2.24, 2.45) is 0 Å². The molecule has 0 bridgehead atoms. The van der Waals surface area contributed by atoms with Crippen LogP contribution in [0.5, 0.6) is 0 Å². The lowest BCUT2D eigenvalue weighted by Gasteiger charge is -2.34. The van der Waals surface area contributed by atoms with Gasteiger partial charge in [0.1, 0.15) is 11.7 Å². The van der Waals surface area contributed by atoms with Gasteiger partial charge in [-0.2, -0.15) is 5.10 Å². The Morgan fingerprint density at radius 2 is 2.00 bits per heavy atom. The van der Waals surface area contributed by atoms with Gasteiger partial charge in [-0.3, -0.25) is 4.79 Å². The Kier molecular flexibility index (Phi) is 4.58. The van der Waals surface area contributed by atoms with Crippen LogP contribution < -0.4 is 5.56 Å². The monoisotopic (exact) mass is 308 g/mol. The summed E-state index contributed by atoms with van der Waals surface area (Å²) in [6, 6.07) is 1.86. The van der Waals surface area contributed by atoms with Crippen LogP contribution in [0.4, 0.5) is 4.79 Å². The highest BCUT2D eigenvalue weighted by Crippen LogP contribution is 2.38. The van der Waals surface area contributed by atoms with Crippen molar-refractivity contribution < 1.29 is 14.3 Å². The molecule has 1 aliphatic carbocycles. The van der Waals surface area contributed by atoms with Gasteiger partial charge in [-0.15, -0.1) is 0 Å². The normalized spacial score (nSPS) is 21.4. The van der Waals surface area contributed by atoms with Crippen molar-refractivity contribution in [3.63, 3.8) is 0 Å². The zero-order chi connectivity index (χ0) is 16.5. The quantitative estimate of drug-likeness (QED) is 0.868. The van der Waals surface area contributed by atoms with E-state index in [4.69, 9.17) is 9.47 Å². The van der Waals surface area contributed by atoms with E-state index in [1.165, 1.54) is 0 Å². The van der Waals surface area contributed by atoms with Crippen molar-refractivity contribution in [3.05, 3.63) is 27.7 Å². The average molecular weight is 308 g/mol. The Balaban J connectivity index is 1.93. The van der Waals surface area contributed by atoms with Gasteiger partial charge < -0.3 is 9.47 Å². The van der Waals surface area contributed by atoms with E-state index in [9.17, 15) is 9.59 Å². The summed E-state index contributed by atoms with van der Waals surface area (Å²) in [5.41, 5.74) is 0.869. The summed E-state index contributed by atoms with van der Waals surface area (Å²) in [5.74, 6) is 0.362. The number of carbonyl (C=O) groups is 1. The molecule has 1 heterocycles. The Hall–Kier alpha value is -1.85. The van der Waals surface area contributed by atoms with Crippen LogP contribution in [0.25, 0.3) is 0 Å². The number of rotatable bonds is 3. The molecule has 1 aliphatic rings. The Bertz CT molecular complexity index is 595. The minimum atomic E-state index is -0.651. The molecule has 0 aromatic carbocycles. The first-order chi connectivity index (χ1) is 10.2. The molecular weight excluding hydrogens is 284 g/mol. The molecule has 22 heavy (non-hydrogen) atoms. The molecule has 6 nitrogen and oxygen atoms in total. The number of carbonyl (C=O) groups excluding carboxylic acids is 1. The molecule has 122 valence electrons. The van der Waals surface area contributed by atoms with Gasteiger partial charge in [-0.25, -0.2) is 9.89 Å². The summed E-state index contributed by atoms with van der Waals surface area (Å²) in [4.78, 5) is 23.5. The minimum Gasteiger partial charge on any atom is -0.431 e. The zero-order valence-electron chi connectivity index (χ0n) is 13.8. The van der Waals surface area contributed by atoms with E-state index in [2.05, 4.69) is 10.2 Å². The van der Waals surface area contributed by atoms with Crippen molar-refractivity contribution in [1.82, 2.24) is 10.2 Å². The van der Waals surface area contributed by atoms with E-state index in [0.29, 0.717) is 12.8 Å². The van der Waals surface area contributed by atoms with E-state index < -0.39 is 11.8 Å². The molecule has 0 saturated heterocycles. The molecule has 0 aliphatic heterocycles. The number of H-pyrrole nitrogens is 1. The second kappa shape index (κ2) is 6.10. The van der Waals surface area contributed by atoms with Gasteiger partial charge in [0, 0.05) is 5.56 Å². The number of ether oxygens (including phenoxy) is 2. The zero-order valence-corrected chi connectivity index (χ0v) is 13.8. The van der Waals surface area contributed by atoms with E-state index in [0.717, 1.165) is 11.3 Å². The summed E-state index contributed by atoms with van der Waals surface area (Å²) in [6.45, 7) is 9.44. The lowest BCUT2D eigenvalue weighted by atomic mass is 9.77. The van der Waals surface area contributed by atoms with Gasteiger partial charge in [-0.1, -0.05) is 13.8 Å². The predicted octanol–water partition coefficient (Wildman–Crippen LogP) is 3.09. The minimum absolute atomic E-state index is 0.108. The maximum atomic E-state index is 11.9. The summed E-state index contributed by atoms with van der Waals surface area (Å²) in [5, 5.41) is 6.59. The van der Waals surface area contributed by atoms with Crippen LogP contribution in [0.1, 0.15) is 70.6 Å². The molecule has 0 spiro atoms. The third kappa shape index (κ3) is 4.08. The molecule has 1 N–H and O–H groups in total. The molecular formula is C16H24N2O4. The number of nitrogens with one attached hydrogen (secondary N) is 1. The highest BCUT2D eigenvalue weighted by atomic mass is 16.7. The first-order valence-electron chi connectivity index (χ1n) is 7.65. The van der Waals surface area contributed by atoms with Crippen molar-refractivity contribution in [2.45, 2.75) is 71.0 Å². The number of aromatic nitrogens is 2. The highest BCUT2D eigenvalue weighted by molar-refractivity contribution is 5.60. The van der Waals surface area contributed by atoms with Gasteiger partial charge in [0.25, 0.3) is 5.56 Å². The molecule has 6 heteroatoms. The standard InChI is InChI=1S/C16H24N2O4/c1-9(2)13-8-12(14(19)18-17-13)10-6-11(7-10)21-15(20)22-16(3,4)5/h8-11H,6-7H2,1-5H3,(H,18,19)/t10-,11-. The Morgan fingerprint density at radius 1 is 1.36 bits per heavy atom. The number of nitrogens with zero attached hydrogens (tertiary/aromatic N) is 1. The predicted molar refractivity (Wildman–Crippen MR) is 82.0 cm³/mol. The summed E-state index contributed by atoms with van der Waals surface area (Å²) in [6.07, 6.45) is 0.450. The van der Waals surface area contributed by atoms with Crippen LogP contribution in [0.2, 0.25) is 0 Å². The van der Waals surface area contributed by atoms with Gasteiger partial charge in [0.15, 0.2) is 0 Å². The first kappa shape index (κ1) is 16.5. The molecule has 0 radical (unpaired) electrons. The van der Waals surface area contributed by atoms with Crippen LogP contribution in [-0.2, 0) is 9.47 Å². The molecule has 1 aromatic heterocycles. The highest BCUT2D eigenvalue weighted by Gasteiger charge is 2.36. The molecule has 1 aromatic rings. The van der Waals surface area contributed by atoms with Crippen LogP contribution in [0.15, 0.2) is 10.9 Å². The van der Waals surface area contributed by atoms with Gasteiger partial charge >= 0.3 is 6.16 Å². The van der Waals surface area contributed by atoms with Crippen LogP contribution in [0, 0.1) is 0 Å². The smallest absolute Gasteiger partial charge is 0.431 e. The van der Waals surface area contributed by atoms with E-state index in [-0.39, 0.29) is 23.5 Å². The van der Waals surface area contributed by atoms with E-state index in [1.54, 1.807) is 20.8 Å². The fourth-order valence-corrected chi connectivity index (χ4v) is 2.36. The first-order valence-corrected chi connectivity index (χ1v) is 7.65. The fourth-order valence-electron chi connectivity index (χ4n) is 2.36. The summed E-state index contributed by atoms with van der Waals surface area (Å²) in [7, 11) is 0. The third-order valence-corrected chi connectivity index (χ3v) is 3.63. The maximum absolute atomic E-state index is 11.9. The largest absolute Gasteiger partial charge is 0.509 e. The number of hydrogen-bond acceptors (Lipinski definition) is 5. The summed E-state index contributed by atoms with van der Waals surface area (Å²) < 4.78 is 10.4. The van der Waals surface area contributed by atoms with Gasteiger partial charge in [0.05, 0.1) is 5.69 Å². The van der Waals surface area contributed by atoms with Gasteiger partial charge in [0.2, 0.25) is 0 Å². The Morgan fingerprint density at radius 3 is 2.55 bits per heavy atom. The molecule has 0 unspecified atom stereocenters. The number of hydrogen-bond donors (Lipinski definition) is 1. The van der Waals surface area contributed by atoms with Gasteiger partial charge in [-0.05, 0) is 51.5 Å². The van der Waals surface area contributed by atoms with Crippen molar-refractivity contribution in [3.8, 4) is 0 Å². The SMILES string of the molecule is CC(C)c1cc([C@H]2C[C@H](OC(=O)OC(C)(C)C)C2)c(=O)[nH]n1. The number of aromatic amines is 1. The lowest BCUT2D eigenvalue weighted by molar-refractivity contribution is -0.0481. The molecule has 2 rings (SSSR count). The summed E-state index contributed by atoms with van der Waals surface area (Å²) >= 11 is 0. The van der Waals surface area contributed by atoms with Crippen LogP contribution in [-0.4, -0.2) is 28.1 Å². The maximum Gasteiger partial charge on any atom is 0.509 e. The van der Waals surface area contributed by atoms with Crippen molar-refractivity contribution in [2.75, 3.05) is 0 Å². The third-order valence-electron chi connectivity index (χ3n) is 3.63.